The second-order valence-corrected chi connectivity index (χ2v) is 11.4. The minimum atomic E-state index is -1.04. The first-order chi connectivity index (χ1) is 16.4. The van der Waals surface area contributed by atoms with E-state index in [9.17, 15) is 5.11 Å². The van der Waals surface area contributed by atoms with Gasteiger partial charge in [-0.15, -0.1) is 0 Å². The third-order valence-corrected chi connectivity index (χ3v) is 8.16. The van der Waals surface area contributed by atoms with Gasteiger partial charge in [-0.1, -0.05) is 70.2 Å². The van der Waals surface area contributed by atoms with Crippen LogP contribution < -0.4 is 0 Å². The van der Waals surface area contributed by atoms with Gasteiger partial charge in [0.05, 0.1) is 5.52 Å². The highest BCUT2D eigenvalue weighted by molar-refractivity contribution is 9.10. The average Bonchev–Trinajstić information content (AvgIpc) is 2.83. The number of nitrogens with zero attached hydrogens (tertiary/aromatic N) is 2. The van der Waals surface area contributed by atoms with E-state index in [0.29, 0.717) is 6.42 Å². The molecule has 3 nitrogen and oxygen atoms in total. The first-order valence-corrected chi connectivity index (χ1v) is 13.4. The van der Waals surface area contributed by atoms with Gasteiger partial charge in [-0.2, -0.15) is 0 Å². The molecule has 1 aromatic heterocycles. The first kappa shape index (κ1) is 23.6. The molecule has 0 aliphatic carbocycles. The van der Waals surface area contributed by atoms with Gasteiger partial charge in [0.2, 0.25) is 0 Å². The van der Waals surface area contributed by atoms with Crippen molar-refractivity contribution in [1.29, 1.82) is 0 Å². The van der Waals surface area contributed by atoms with E-state index in [4.69, 9.17) is 4.98 Å². The number of halogens is 1. The number of benzene rings is 3. The lowest BCUT2D eigenvalue weighted by atomic mass is 9.71. The molecule has 2 atom stereocenters. The predicted molar refractivity (Wildman–Crippen MR) is 145 cm³/mol. The molecule has 5 heteroatoms. The quantitative estimate of drug-likeness (QED) is 0.266. The Morgan fingerprint density at radius 1 is 0.971 bits per heavy atom. The zero-order valence-electron chi connectivity index (χ0n) is 19.5. The van der Waals surface area contributed by atoms with Gasteiger partial charge in [0.15, 0.2) is 0 Å². The fraction of sp³-hybridized carbons (Fsp3) is 0.276. The zero-order chi connectivity index (χ0) is 23.7. The third kappa shape index (κ3) is 4.67. The van der Waals surface area contributed by atoms with Crippen LogP contribution in [0.25, 0.3) is 10.9 Å². The molecule has 0 amide bonds. The fourth-order valence-corrected chi connectivity index (χ4v) is 6.38. The van der Waals surface area contributed by atoms with Crippen molar-refractivity contribution in [2.75, 3.05) is 20.6 Å². The summed E-state index contributed by atoms with van der Waals surface area (Å²) in [5.41, 5.74) is 3.11. The smallest absolute Gasteiger partial charge is 0.105 e. The monoisotopic (exact) mass is 532 g/mol. The molecule has 3 aromatic carbocycles. The van der Waals surface area contributed by atoms with E-state index < -0.39 is 5.60 Å². The maximum Gasteiger partial charge on any atom is 0.105 e. The van der Waals surface area contributed by atoms with Gasteiger partial charge in [-0.25, -0.2) is 4.98 Å². The molecule has 0 radical (unpaired) electrons. The van der Waals surface area contributed by atoms with Gasteiger partial charge >= 0.3 is 0 Å². The van der Waals surface area contributed by atoms with Crippen molar-refractivity contribution in [2.24, 2.45) is 0 Å². The molecule has 1 aliphatic rings. The topological polar surface area (TPSA) is 36.4 Å². The molecular weight excluding hydrogens is 504 g/mol. The number of aromatic nitrogens is 1. The highest BCUT2D eigenvalue weighted by Crippen LogP contribution is 2.51. The summed E-state index contributed by atoms with van der Waals surface area (Å²) in [7, 11) is 4.20. The largest absolute Gasteiger partial charge is 0.384 e. The van der Waals surface area contributed by atoms with Crippen LogP contribution >= 0.6 is 27.7 Å². The molecule has 0 spiro atoms. The van der Waals surface area contributed by atoms with Crippen molar-refractivity contribution in [1.82, 2.24) is 9.88 Å². The summed E-state index contributed by atoms with van der Waals surface area (Å²) < 4.78 is 1.03. The van der Waals surface area contributed by atoms with Gasteiger partial charge in [0.25, 0.3) is 0 Å². The highest BCUT2D eigenvalue weighted by atomic mass is 79.9. The SMILES string of the molecule is CN(C)CCCC[C@@]1(O)c2cccc(c2)Sc2nc3ccc(Br)cc3cc2[C@H]1c1ccccc1. The minimum Gasteiger partial charge on any atom is -0.384 e. The molecule has 0 saturated carbocycles. The van der Waals surface area contributed by atoms with E-state index >= 15 is 0 Å². The van der Waals surface area contributed by atoms with Gasteiger partial charge in [0, 0.05) is 20.7 Å². The Morgan fingerprint density at radius 3 is 2.59 bits per heavy atom. The maximum absolute atomic E-state index is 12.6. The molecule has 1 aliphatic heterocycles. The highest BCUT2D eigenvalue weighted by Gasteiger charge is 2.42. The Bertz CT molecular complexity index is 1310. The summed E-state index contributed by atoms with van der Waals surface area (Å²) in [5, 5.41) is 14.7. The van der Waals surface area contributed by atoms with E-state index in [1.165, 1.54) is 0 Å². The molecule has 0 saturated heterocycles. The van der Waals surface area contributed by atoms with Crippen LogP contribution in [0.4, 0.5) is 0 Å². The molecule has 0 unspecified atom stereocenters. The third-order valence-electron chi connectivity index (χ3n) is 6.65. The van der Waals surface area contributed by atoms with Crippen molar-refractivity contribution in [3.05, 3.63) is 100 Å². The normalized spacial score (nSPS) is 19.6. The first-order valence-electron chi connectivity index (χ1n) is 11.7. The van der Waals surface area contributed by atoms with Crippen molar-refractivity contribution >= 4 is 38.6 Å². The molecule has 2 bridgehead atoms. The number of aliphatic hydroxyl groups is 1. The van der Waals surface area contributed by atoms with Crippen LogP contribution in [0.3, 0.4) is 0 Å². The standard InChI is InChI=1S/C29H29BrN2OS/c1-32(2)16-7-6-15-29(33)22-11-8-12-24(19-22)34-28-25(27(29)20-9-4-3-5-10-20)18-21-17-23(30)13-14-26(21)31-28/h3-5,8-14,17-19,27,33H,6-7,15-16H2,1-2H3/t27-,29-/m1/s1. The Labute approximate surface area is 214 Å². The van der Waals surface area contributed by atoms with Crippen LogP contribution in [-0.2, 0) is 5.60 Å². The summed E-state index contributed by atoms with van der Waals surface area (Å²) >= 11 is 5.31. The van der Waals surface area contributed by atoms with Crippen LogP contribution in [0.2, 0.25) is 0 Å². The molecule has 34 heavy (non-hydrogen) atoms. The van der Waals surface area contributed by atoms with Gasteiger partial charge in [-0.3, -0.25) is 0 Å². The molecule has 174 valence electrons. The Morgan fingerprint density at radius 2 is 1.79 bits per heavy atom. The Kier molecular flexibility index (Phi) is 6.81. The second kappa shape index (κ2) is 9.82. The lowest BCUT2D eigenvalue weighted by Crippen LogP contribution is -2.35. The van der Waals surface area contributed by atoms with E-state index in [-0.39, 0.29) is 5.92 Å². The van der Waals surface area contributed by atoms with Crippen molar-refractivity contribution in [3.63, 3.8) is 0 Å². The summed E-state index contributed by atoms with van der Waals surface area (Å²) in [6.07, 6.45) is 2.67. The molecular formula is C29H29BrN2OS. The maximum atomic E-state index is 12.6. The van der Waals surface area contributed by atoms with E-state index in [1.54, 1.807) is 11.8 Å². The number of rotatable bonds is 6. The Balaban J connectivity index is 1.73. The number of hydrogen-bond donors (Lipinski definition) is 1. The molecule has 5 rings (SSSR count). The van der Waals surface area contributed by atoms with E-state index in [0.717, 1.165) is 61.4 Å². The lowest BCUT2D eigenvalue weighted by molar-refractivity contribution is 0.00634. The number of fused-ring (bicyclic) bond motifs is 4. The molecule has 4 aromatic rings. The summed E-state index contributed by atoms with van der Waals surface area (Å²) in [5.74, 6) is -0.220. The number of pyridine rings is 1. The van der Waals surface area contributed by atoms with Crippen molar-refractivity contribution < 1.29 is 5.11 Å². The number of hydrogen-bond acceptors (Lipinski definition) is 4. The summed E-state index contributed by atoms with van der Waals surface area (Å²) in [6.45, 7) is 1.01. The zero-order valence-corrected chi connectivity index (χ0v) is 21.9. The van der Waals surface area contributed by atoms with Gasteiger partial charge in [0.1, 0.15) is 10.6 Å². The fourth-order valence-electron chi connectivity index (χ4n) is 5.01. The molecule has 1 N–H and O–H groups in total. The molecule has 0 fully saturated rings. The van der Waals surface area contributed by atoms with Crippen LogP contribution in [0.1, 0.15) is 41.9 Å². The lowest BCUT2D eigenvalue weighted by Gasteiger charge is -2.40. The van der Waals surface area contributed by atoms with E-state index in [2.05, 4.69) is 102 Å². The van der Waals surface area contributed by atoms with Crippen LogP contribution in [0.15, 0.2) is 93.3 Å². The Hall–Kier alpha value is -2.18. The van der Waals surface area contributed by atoms with Crippen LogP contribution in [0.5, 0.6) is 0 Å². The van der Waals surface area contributed by atoms with Gasteiger partial charge < -0.3 is 10.0 Å². The molecule has 2 heterocycles. The average molecular weight is 534 g/mol. The van der Waals surface area contributed by atoms with E-state index in [1.807, 2.05) is 12.1 Å². The van der Waals surface area contributed by atoms with Gasteiger partial charge in [-0.05, 0) is 93.0 Å². The predicted octanol–water partition coefficient (Wildman–Crippen LogP) is 7.21. The second-order valence-electron chi connectivity index (χ2n) is 9.38. The summed E-state index contributed by atoms with van der Waals surface area (Å²) in [6, 6.07) is 27.3. The van der Waals surface area contributed by atoms with Crippen molar-refractivity contribution in [3.8, 4) is 0 Å². The van der Waals surface area contributed by atoms with Crippen molar-refractivity contribution in [2.45, 2.75) is 40.7 Å². The number of unbranched alkanes of at least 4 members (excludes halogenated alkanes) is 1. The minimum absolute atomic E-state index is 0.220. The van der Waals surface area contributed by atoms with Crippen LogP contribution in [-0.4, -0.2) is 35.6 Å². The summed E-state index contributed by atoms with van der Waals surface area (Å²) in [4.78, 5) is 8.41. The van der Waals surface area contributed by atoms with Crippen LogP contribution in [0, 0.1) is 0 Å².